The number of amides is 2. The Morgan fingerprint density at radius 3 is 2.12 bits per heavy atom. The van der Waals surface area contributed by atoms with E-state index in [0.717, 1.165) is 34.7 Å². The number of benzene rings is 1. The van der Waals surface area contributed by atoms with Crippen LogP contribution in [0.1, 0.15) is 61.5 Å². The van der Waals surface area contributed by atoms with E-state index in [9.17, 15) is 9.59 Å². The van der Waals surface area contributed by atoms with Crippen LogP contribution >= 0.6 is 0 Å². The lowest BCUT2D eigenvalue weighted by molar-refractivity contribution is -0.00791. The van der Waals surface area contributed by atoms with E-state index in [0.29, 0.717) is 32.8 Å². The van der Waals surface area contributed by atoms with E-state index in [-0.39, 0.29) is 17.4 Å². The molecule has 1 aromatic carbocycles. The smallest absolute Gasteiger partial charge is 0.409 e. The third-order valence-electron chi connectivity index (χ3n) is 8.60. The minimum absolute atomic E-state index is 0.0343. The molecule has 5 fully saturated rings. The van der Waals surface area contributed by atoms with Crippen LogP contribution in [-0.4, -0.2) is 64.4 Å². The molecule has 4 aliphatic carbocycles. The molecule has 34 heavy (non-hydrogen) atoms. The van der Waals surface area contributed by atoms with Gasteiger partial charge in [-0.15, -0.1) is 0 Å². The summed E-state index contributed by atoms with van der Waals surface area (Å²) in [6.07, 6.45) is 9.25. The van der Waals surface area contributed by atoms with E-state index in [4.69, 9.17) is 9.84 Å². The summed E-state index contributed by atoms with van der Waals surface area (Å²) in [6.45, 7) is 4.23. The molecular weight excluding hydrogens is 428 g/mol. The quantitative estimate of drug-likeness (QED) is 0.681. The lowest BCUT2D eigenvalue weighted by atomic mass is 9.48. The third-order valence-corrected chi connectivity index (χ3v) is 8.60. The summed E-state index contributed by atoms with van der Waals surface area (Å²) in [6, 6.07) is 10.1. The number of carbonyl (C=O) groups is 2. The SMILES string of the molecule is CCOC(=O)N1CCN(C(=O)c2cn(-c3ccccc3)nc2C23CC4CC(CC(C4)C2)C3)CC1. The number of para-hydroxylation sites is 1. The van der Waals surface area contributed by atoms with Crippen molar-refractivity contribution in [2.24, 2.45) is 17.8 Å². The minimum atomic E-state index is -0.291. The Labute approximate surface area is 201 Å². The number of piperazine rings is 1. The molecule has 5 aliphatic rings. The van der Waals surface area contributed by atoms with E-state index in [1.807, 2.05) is 53.0 Å². The minimum Gasteiger partial charge on any atom is -0.450 e. The standard InChI is InChI=1S/C27H34N4O3/c1-2-34-26(33)30-10-8-29(9-11-30)25(32)23-18-31(22-6-4-3-5-7-22)28-24(23)27-15-19-12-20(16-27)14-21(13-19)17-27/h3-7,18-21H,2,8-17H2,1H3. The van der Waals surface area contributed by atoms with Crippen LogP contribution in [0.2, 0.25) is 0 Å². The molecule has 0 spiro atoms. The van der Waals surface area contributed by atoms with E-state index in [1.54, 1.807) is 4.90 Å². The number of carbonyl (C=O) groups excluding carboxylic acids is 2. The first-order valence-corrected chi connectivity index (χ1v) is 12.9. The van der Waals surface area contributed by atoms with Gasteiger partial charge in [-0.25, -0.2) is 9.48 Å². The van der Waals surface area contributed by atoms with Crippen LogP contribution in [0, 0.1) is 17.8 Å². The highest BCUT2D eigenvalue weighted by molar-refractivity contribution is 5.96. The number of hydrogen-bond acceptors (Lipinski definition) is 4. The van der Waals surface area contributed by atoms with Gasteiger partial charge in [0.25, 0.3) is 5.91 Å². The first kappa shape index (κ1) is 21.7. The summed E-state index contributed by atoms with van der Waals surface area (Å²) in [5.74, 6) is 2.40. The first-order chi connectivity index (χ1) is 16.5. The topological polar surface area (TPSA) is 67.7 Å². The molecule has 7 heteroatoms. The highest BCUT2D eigenvalue weighted by Gasteiger charge is 2.54. The molecule has 2 aromatic rings. The Morgan fingerprint density at radius 1 is 0.941 bits per heavy atom. The van der Waals surface area contributed by atoms with Crippen molar-refractivity contribution in [1.29, 1.82) is 0 Å². The maximum Gasteiger partial charge on any atom is 0.409 e. The fourth-order valence-corrected chi connectivity index (χ4v) is 7.51. The number of aromatic nitrogens is 2. The lowest BCUT2D eigenvalue weighted by Crippen LogP contribution is -2.52. The fraction of sp³-hybridized carbons (Fsp3) is 0.593. The maximum atomic E-state index is 13.9. The largest absolute Gasteiger partial charge is 0.450 e. The van der Waals surface area contributed by atoms with Gasteiger partial charge in [-0.3, -0.25) is 4.79 Å². The van der Waals surface area contributed by atoms with E-state index >= 15 is 0 Å². The predicted molar refractivity (Wildman–Crippen MR) is 128 cm³/mol. The molecule has 180 valence electrons. The molecule has 0 N–H and O–H groups in total. The second-order valence-corrected chi connectivity index (χ2v) is 10.8. The summed E-state index contributed by atoms with van der Waals surface area (Å²) in [5.41, 5.74) is 2.80. The van der Waals surface area contributed by atoms with Crippen LogP contribution in [0.15, 0.2) is 36.5 Å². The van der Waals surface area contributed by atoms with Crippen molar-refractivity contribution >= 4 is 12.0 Å². The molecule has 0 unspecified atom stereocenters. The summed E-state index contributed by atoms with van der Waals surface area (Å²) in [5, 5.41) is 5.14. The average molecular weight is 463 g/mol. The van der Waals surface area contributed by atoms with Crippen LogP contribution in [0.3, 0.4) is 0 Å². The van der Waals surface area contributed by atoms with Gasteiger partial charge in [0.2, 0.25) is 0 Å². The first-order valence-electron chi connectivity index (χ1n) is 12.9. The van der Waals surface area contributed by atoms with Gasteiger partial charge in [0.05, 0.1) is 23.6 Å². The van der Waals surface area contributed by atoms with Crippen molar-refractivity contribution in [3.05, 3.63) is 47.8 Å². The molecule has 7 rings (SSSR count). The molecule has 7 nitrogen and oxygen atoms in total. The van der Waals surface area contributed by atoms with Crippen molar-refractivity contribution < 1.29 is 14.3 Å². The Kier molecular flexibility index (Phi) is 5.38. The monoisotopic (exact) mass is 462 g/mol. The van der Waals surface area contributed by atoms with Crippen molar-refractivity contribution in [2.45, 2.75) is 50.9 Å². The average Bonchev–Trinajstić information content (AvgIpc) is 3.30. The van der Waals surface area contributed by atoms with Crippen LogP contribution in [0.25, 0.3) is 5.69 Å². The zero-order valence-electron chi connectivity index (χ0n) is 20.0. The highest BCUT2D eigenvalue weighted by Crippen LogP contribution is 2.61. The van der Waals surface area contributed by atoms with E-state index < -0.39 is 0 Å². The van der Waals surface area contributed by atoms with Crippen molar-refractivity contribution in [2.75, 3.05) is 32.8 Å². The van der Waals surface area contributed by atoms with Crippen LogP contribution < -0.4 is 0 Å². The third kappa shape index (κ3) is 3.69. The number of nitrogens with zero attached hydrogens (tertiary/aromatic N) is 4. The van der Waals surface area contributed by atoms with Gasteiger partial charge in [-0.05, 0) is 75.3 Å². The molecule has 2 heterocycles. The van der Waals surface area contributed by atoms with Crippen LogP contribution in [0.4, 0.5) is 4.79 Å². The van der Waals surface area contributed by atoms with Gasteiger partial charge < -0.3 is 14.5 Å². The molecular formula is C27H34N4O3. The summed E-state index contributed by atoms with van der Waals surface area (Å²) in [7, 11) is 0. The van der Waals surface area contributed by atoms with Gasteiger partial charge in [0.15, 0.2) is 0 Å². The Hall–Kier alpha value is -2.83. The number of rotatable bonds is 4. The Morgan fingerprint density at radius 2 is 1.53 bits per heavy atom. The molecule has 1 saturated heterocycles. The second kappa shape index (κ2) is 8.43. The molecule has 4 bridgehead atoms. The molecule has 1 aliphatic heterocycles. The number of ether oxygens (including phenoxy) is 1. The van der Waals surface area contributed by atoms with E-state index in [2.05, 4.69) is 0 Å². The van der Waals surface area contributed by atoms with Crippen molar-refractivity contribution in [3.8, 4) is 5.69 Å². The number of hydrogen-bond donors (Lipinski definition) is 0. The fourth-order valence-electron chi connectivity index (χ4n) is 7.51. The van der Waals surface area contributed by atoms with E-state index in [1.165, 1.54) is 38.5 Å². The predicted octanol–water partition coefficient (Wildman–Crippen LogP) is 4.25. The second-order valence-electron chi connectivity index (χ2n) is 10.8. The normalized spacial score (nSPS) is 30.0. The summed E-state index contributed by atoms with van der Waals surface area (Å²) >= 11 is 0. The van der Waals surface area contributed by atoms with Gasteiger partial charge >= 0.3 is 6.09 Å². The molecule has 0 radical (unpaired) electrons. The molecule has 0 atom stereocenters. The van der Waals surface area contributed by atoms with Gasteiger partial charge in [-0.2, -0.15) is 5.10 Å². The zero-order valence-corrected chi connectivity index (χ0v) is 20.0. The summed E-state index contributed by atoms with van der Waals surface area (Å²) in [4.78, 5) is 29.6. The maximum absolute atomic E-state index is 13.9. The molecule has 4 saturated carbocycles. The Bertz CT molecular complexity index is 1040. The molecule has 1 aromatic heterocycles. The van der Waals surface area contributed by atoms with Crippen LogP contribution in [0.5, 0.6) is 0 Å². The van der Waals surface area contributed by atoms with Gasteiger partial charge in [0.1, 0.15) is 0 Å². The Balaban J connectivity index is 1.32. The zero-order chi connectivity index (χ0) is 23.3. The highest BCUT2D eigenvalue weighted by atomic mass is 16.6. The van der Waals surface area contributed by atoms with Gasteiger partial charge in [-0.1, -0.05) is 18.2 Å². The van der Waals surface area contributed by atoms with Crippen molar-refractivity contribution in [3.63, 3.8) is 0 Å². The summed E-state index contributed by atoms with van der Waals surface area (Å²) < 4.78 is 7.05. The lowest BCUT2D eigenvalue weighted by Gasteiger charge is -2.56. The van der Waals surface area contributed by atoms with Crippen molar-refractivity contribution in [1.82, 2.24) is 19.6 Å². The van der Waals surface area contributed by atoms with Gasteiger partial charge in [0, 0.05) is 37.8 Å². The molecule has 2 amide bonds. The van der Waals surface area contributed by atoms with Crippen LogP contribution in [-0.2, 0) is 10.2 Å².